The maximum absolute atomic E-state index is 10.3. The molecule has 1 N–H and O–H groups in total. The van der Waals surface area contributed by atoms with Gasteiger partial charge in [0.25, 0.3) is 0 Å². The third-order valence-corrected chi connectivity index (χ3v) is 3.32. The average Bonchev–Trinajstić information content (AvgIpc) is 2.10. The molecule has 0 heterocycles. The van der Waals surface area contributed by atoms with Crippen molar-refractivity contribution in [2.45, 2.75) is 25.4 Å². The zero-order chi connectivity index (χ0) is 11.4. The fraction of sp³-hybridized carbons (Fsp3) is 1.00. The summed E-state index contributed by atoms with van der Waals surface area (Å²) in [5.41, 5.74) is 0. The molecule has 2 atom stereocenters. The number of hydrogen-bond donors (Lipinski definition) is 1. The highest BCUT2D eigenvalue weighted by Crippen LogP contribution is 2.30. The molecule has 0 aliphatic heterocycles. The quantitative estimate of drug-likeness (QED) is 0.853. The van der Waals surface area contributed by atoms with Gasteiger partial charge in [-0.1, -0.05) is 6.42 Å². The van der Waals surface area contributed by atoms with Crippen molar-refractivity contribution in [1.82, 2.24) is 9.80 Å². The van der Waals surface area contributed by atoms with Crippen LogP contribution in [-0.2, 0) is 0 Å². The molecule has 0 saturated heterocycles. The van der Waals surface area contributed by atoms with Gasteiger partial charge in [-0.3, -0.25) is 0 Å². The van der Waals surface area contributed by atoms with Crippen molar-refractivity contribution in [3.63, 3.8) is 0 Å². The Morgan fingerprint density at radius 3 is 1.53 bits per heavy atom. The molecule has 1 aliphatic rings. The van der Waals surface area contributed by atoms with Crippen LogP contribution < -0.4 is 0 Å². The number of halogens is 2. The number of nitrogens with zero attached hydrogens (tertiary/aromatic N) is 2. The SMILES string of the molecule is CN(C)CC1CCCC(CN(C)C)C1O.Cl.Cl. The third kappa shape index (κ3) is 6.82. The van der Waals surface area contributed by atoms with Crippen LogP contribution in [0.3, 0.4) is 0 Å². The van der Waals surface area contributed by atoms with E-state index in [0.717, 1.165) is 13.1 Å². The van der Waals surface area contributed by atoms with E-state index >= 15 is 0 Å². The minimum atomic E-state index is -0.108. The van der Waals surface area contributed by atoms with Gasteiger partial charge in [0.15, 0.2) is 0 Å². The molecule has 106 valence electrons. The van der Waals surface area contributed by atoms with Gasteiger partial charge in [0.1, 0.15) is 0 Å². The van der Waals surface area contributed by atoms with Crippen molar-refractivity contribution >= 4 is 24.8 Å². The highest BCUT2D eigenvalue weighted by atomic mass is 35.5. The predicted octanol–water partition coefficient (Wildman–Crippen LogP) is 1.73. The van der Waals surface area contributed by atoms with Crippen molar-refractivity contribution in [1.29, 1.82) is 0 Å². The fourth-order valence-corrected chi connectivity index (χ4v) is 2.71. The molecular weight excluding hydrogens is 259 g/mol. The second-order valence-electron chi connectivity index (χ2n) is 5.47. The molecule has 1 fully saturated rings. The Morgan fingerprint density at radius 1 is 0.882 bits per heavy atom. The molecule has 0 aromatic rings. The first-order valence-electron chi connectivity index (χ1n) is 5.98. The summed E-state index contributed by atoms with van der Waals surface area (Å²) in [6.45, 7) is 2.04. The standard InChI is InChI=1S/C12H26N2O.2ClH/c1-13(2)8-10-6-5-7-11(12(10)15)9-14(3)4;;/h10-12,15H,5-9H2,1-4H3;2*1H. The molecule has 0 aromatic carbocycles. The third-order valence-electron chi connectivity index (χ3n) is 3.32. The Labute approximate surface area is 118 Å². The minimum Gasteiger partial charge on any atom is -0.392 e. The van der Waals surface area contributed by atoms with Crippen molar-refractivity contribution in [3.8, 4) is 0 Å². The maximum atomic E-state index is 10.3. The molecule has 1 aliphatic carbocycles. The normalized spacial score (nSPS) is 28.8. The van der Waals surface area contributed by atoms with Crippen LogP contribution in [0.5, 0.6) is 0 Å². The van der Waals surface area contributed by atoms with Crippen LogP contribution in [-0.4, -0.2) is 62.3 Å². The summed E-state index contributed by atoms with van der Waals surface area (Å²) in [5.74, 6) is 0.942. The molecule has 0 radical (unpaired) electrons. The lowest BCUT2D eigenvalue weighted by molar-refractivity contribution is -0.00167. The summed E-state index contributed by atoms with van der Waals surface area (Å²) in [5, 5.41) is 10.3. The van der Waals surface area contributed by atoms with Crippen LogP contribution in [0, 0.1) is 11.8 Å². The van der Waals surface area contributed by atoms with E-state index in [0.29, 0.717) is 11.8 Å². The van der Waals surface area contributed by atoms with E-state index in [-0.39, 0.29) is 30.9 Å². The first-order chi connectivity index (χ1) is 7.00. The summed E-state index contributed by atoms with van der Waals surface area (Å²) in [4.78, 5) is 4.37. The zero-order valence-corrected chi connectivity index (χ0v) is 13.1. The van der Waals surface area contributed by atoms with Gasteiger partial charge in [0.2, 0.25) is 0 Å². The highest BCUT2D eigenvalue weighted by Gasteiger charge is 2.31. The van der Waals surface area contributed by atoms with Gasteiger partial charge in [0, 0.05) is 13.1 Å². The molecule has 0 aromatic heterocycles. The molecule has 1 rings (SSSR count). The lowest BCUT2D eigenvalue weighted by Crippen LogP contribution is -2.42. The van der Waals surface area contributed by atoms with Gasteiger partial charge in [-0.25, -0.2) is 0 Å². The zero-order valence-electron chi connectivity index (χ0n) is 11.4. The smallest absolute Gasteiger partial charge is 0.0620 e. The number of aliphatic hydroxyl groups excluding tert-OH is 1. The molecule has 1 saturated carbocycles. The monoisotopic (exact) mass is 286 g/mol. The van der Waals surface area contributed by atoms with E-state index in [1.807, 2.05) is 0 Å². The first kappa shape index (κ1) is 19.8. The van der Waals surface area contributed by atoms with Crippen LogP contribution in [0.25, 0.3) is 0 Å². The highest BCUT2D eigenvalue weighted by molar-refractivity contribution is 5.85. The molecule has 17 heavy (non-hydrogen) atoms. The van der Waals surface area contributed by atoms with E-state index in [9.17, 15) is 5.11 Å². The maximum Gasteiger partial charge on any atom is 0.0620 e. The Kier molecular flexibility index (Phi) is 10.9. The molecular formula is C12H28Cl2N2O. The van der Waals surface area contributed by atoms with Gasteiger partial charge in [-0.2, -0.15) is 0 Å². The topological polar surface area (TPSA) is 26.7 Å². The summed E-state index contributed by atoms with van der Waals surface area (Å²) in [7, 11) is 8.34. The fourth-order valence-electron chi connectivity index (χ4n) is 2.71. The lowest BCUT2D eigenvalue weighted by atomic mass is 9.78. The number of aliphatic hydroxyl groups is 1. The lowest BCUT2D eigenvalue weighted by Gasteiger charge is -2.37. The molecule has 0 amide bonds. The Hall–Kier alpha value is 0.460. The Balaban J connectivity index is 0. The van der Waals surface area contributed by atoms with E-state index in [1.54, 1.807) is 0 Å². The van der Waals surface area contributed by atoms with Crippen LogP contribution >= 0.6 is 24.8 Å². The van der Waals surface area contributed by atoms with Gasteiger partial charge < -0.3 is 14.9 Å². The Bertz CT molecular complexity index is 173. The second kappa shape index (κ2) is 9.40. The van der Waals surface area contributed by atoms with Gasteiger partial charge >= 0.3 is 0 Å². The number of rotatable bonds is 4. The molecule has 5 heteroatoms. The molecule has 2 unspecified atom stereocenters. The minimum absolute atomic E-state index is 0. The van der Waals surface area contributed by atoms with Crippen molar-refractivity contribution in [2.75, 3.05) is 41.3 Å². The first-order valence-corrected chi connectivity index (χ1v) is 5.98. The van der Waals surface area contributed by atoms with E-state index < -0.39 is 0 Å². The van der Waals surface area contributed by atoms with Gasteiger partial charge in [-0.15, -0.1) is 24.8 Å². The summed E-state index contributed by atoms with van der Waals surface area (Å²) in [6, 6.07) is 0. The molecule has 3 nitrogen and oxygen atoms in total. The molecule has 0 spiro atoms. The average molecular weight is 287 g/mol. The van der Waals surface area contributed by atoms with Crippen molar-refractivity contribution in [2.24, 2.45) is 11.8 Å². The number of hydrogen-bond acceptors (Lipinski definition) is 3. The van der Waals surface area contributed by atoms with Gasteiger partial charge in [0.05, 0.1) is 6.10 Å². The molecule has 0 bridgehead atoms. The van der Waals surface area contributed by atoms with Crippen LogP contribution in [0.4, 0.5) is 0 Å². The van der Waals surface area contributed by atoms with Crippen LogP contribution in [0.2, 0.25) is 0 Å². The summed E-state index contributed by atoms with van der Waals surface area (Å²) < 4.78 is 0. The second-order valence-corrected chi connectivity index (χ2v) is 5.47. The summed E-state index contributed by atoms with van der Waals surface area (Å²) >= 11 is 0. The van der Waals surface area contributed by atoms with Crippen LogP contribution in [0.1, 0.15) is 19.3 Å². The van der Waals surface area contributed by atoms with E-state index in [1.165, 1.54) is 19.3 Å². The van der Waals surface area contributed by atoms with Crippen molar-refractivity contribution in [3.05, 3.63) is 0 Å². The van der Waals surface area contributed by atoms with Crippen molar-refractivity contribution < 1.29 is 5.11 Å². The van der Waals surface area contributed by atoms with E-state index in [4.69, 9.17) is 0 Å². The van der Waals surface area contributed by atoms with Crippen LogP contribution in [0.15, 0.2) is 0 Å². The predicted molar refractivity (Wildman–Crippen MR) is 78.4 cm³/mol. The largest absolute Gasteiger partial charge is 0.392 e. The van der Waals surface area contributed by atoms with E-state index in [2.05, 4.69) is 38.0 Å². The Morgan fingerprint density at radius 2 is 1.24 bits per heavy atom. The summed E-state index contributed by atoms with van der Waals surface area (Å²) in [6.07, 6.45) is 3.53. The van der Waals surface area contributed by atoms with Gasteiger partial charge in [-0.05, 0) is 52.9 Å².